The van der Waals surface area contributed by atoms with Gasteiger partial charge in [0.25, 0.3) is 0 Å². The van der Waals surface area contributed by atoms with Gasteiger partial charge in [-0.2, -0.15) is 0 Å². The van der Waals surface area contributed by atoms with Crippen molar-refractivity contribution in [1.29, 1.82) is 0 Å². The van der Waals surface area contributed by atoms with Gasteiger partial charge in [0.2, 0.25) is 0 Å². The molecule has 0 atom stereocenters. The van der Waals surface area contributed by atoms with Gasteiger partial charge in [0.05, 0.1) is 12.0 Å². The first kappa shape index (κ1) is 10.3. The molecule has 0 aromatic carbocycles. The third-order valence-corrected chi connectivity index (χ3v) is 2.19. The van der Waals surface area contributed by atoms with Crippen LogP contribution in [-0.2, 0) is 13.1 Å². The first-order valence-corrected chi connectivity index (χ1v) is 4.93. The molecule has 1 aromatic rings. The van der Waals surface area contributed by atoms with E-state index in [1.807, 2.05) is 12.5 Å². The molecule has 0 aliphatic heterocycles. The fourth-order valence-corrected chi connectivity index (χ4v) is 1.39. The number of hydrogen-bond acceptors (Lipinski definition) is 2. The maximum atomic E-state index is 5.57. The number of nitrogens with zero attached hydrogens (tertiary/aromatic N) is 2. The second-order valence-electron chi connectivity index (χ2n) is 3.82. The zero-order chi connectivity index (χ0) is 9.68. The van der Waals surface area contributed by atoms with Crippen LogP contribution in [0.5, 0.6) is 0 Å². The van der Waals surface area contributed by atoms with E-state index >= 15 is 0 Å². The summed E-state index contributed by atoms with van der Waals surface area (Å²) in [6.45, 7) is 6.13. The normalized spacial score (nSPS) is 11.1. The summed E-state index contributed by atoms with van der Waals surface area (Å²) in [5, 5.41) is 0. The topological polar surface area (TPSA) is 43.8 Å². The van der Waals surface area contributed by atoms with Crippen LogP contribution in [0.4, 0.5) is 0 Å². The van der Waals surface area contributed by atoms with Gasteiger partial charge in [-0.05, 0) is 18.8 Å². The molecule has 0 saturated carbocycles. The van der Waals surface area contributed by atoms with Gasteiger partial charge >= 0.3 is 0 Å². The molecule has 1 heterocycles. The molecule has 74 valence electrons. The Kier molecular flexibility index (Phi) is 3.96. The van der Waals surface area contributed by atoms with Crippen molar-refractivity contribution in [1.82, 2.24) is 9.55 Å². The summed E-state index contributed by atoms with van der Waals surface area (Å²) >= 11 is 0. The largest absolute Gasteiger partial charge is 0.333 e. The summed E-state index contributed by atoms with van der Waals surface area (Å²) in [6, 6.07) is 0. The second-order valence-corrected chi connectivity index (χ2v) is 3.82. The van der Waals surface area contributed by atoms with Crippen molar-refractivity contribution in [2.75, 3.05) is 0 Å². The highest BCUT2D eigenvalue weighted by molar-refractivity contribution is 4.96. The zero-order valence-corrected chi connectivity index (χ0v) is 8.53. The highest BCUT2D eigenvalue weighted by Crippen LogP contribution is 2.06. The van der Waals surface area contributed by atoms with Gasteiger partial charge in [0.1, 0.15) is 0 Å². The molecule has 0 radical (unpaired) electrons. The Morgan fingerprint density at radius 2 is 2.31 bits per heavy atom. The van der Waals surface area contributed by atoms with E-state index < -0.39 is 0 Å². The summed E-state index contributed by atoms with van der Waals surface area (Å²) in [5.74, 6) is 0.782. The summed E-state index contributed by atoms with van der Waals surface area (Å²) < 4.78 is 2.14. The minimum Gasteiger partial charge on any atom is -0.333 e. The van der Waals surface area contributed by atoms with E-state index in [-0.39, 0.29) is 0 Å². The Balaban J connectivity index is 2.36. The van der Waals surface area contributed by atoms with E-state index in [4.69, 9.17) is 5.73 Å². The number of nitrogens with two attached hydrogens (primary N) is 1. The first-order valence-electron chi connectivity index (χ1n) is 4.93. The van der Waals surface area contributed by atoms with Crippen molar-refractivity contribution in [2.45, 2.75) is 39.8 Å². The fraction of sp³-hybridized carbons (Fsp3) is 0.700. The van der Waals surface area contributed by atoms with Crippen molar-refractivity contribution >= 4 is 0 Å². The van der Waals surface area contributed by atoms with Gasteiger partial charge in [-0.1, -0.05) is 13.8 Å². The maximum absolute atomic E-state index is 5.57. The van der Waals surface area contributed by atoms with Crippen molar-refractivity contribution < 1.29 is 0 Å². The molecule has 0 bridgehead atoms. The molecular weight excluding hydrogens is 162 g/mol. The highest BCUT2D eigenvalue weighted by Gasteiger charge is 1.99. The molecule has 3 heteroatoms. The number of aromatic nitrogens is 2. The van der Waals surface area contributed by atoms with Gasteiger partial charge in [0, 0.05) is 19.3 Å². The molecule has 2 N–H and O–H groups in total. The number of imidazole rings is 1. The van der Waals surface area contributed by atoms with Crippen LogP contribution in [-0.4, -0.2) is 9.55 Å². The van der Waals surface area contributed by atoms with E-state index in [2.05, 4.69) is 23.4 Å². The van der Waals surface area contributed by atoms with Gasteiger partial charge in [-0.15, -0.1) is 0 Å². The smallest absolute Gasteiger partial charge is 0.0948 e. The van der Waals surface area contributed by atoms with E-state index in [0.717, 1.165) is 18.2 Å². The van der Waals surface area contributed by atoms with E-state index in [0.29, 0.717) is 6.54 Å². The third-order valence-electron chi connectivity index (χ3n) is 2.19. The molecule has 0 aliphatic rings. The Bertz CT molecular complexity index is 240. The minimum atomic E-state index is 0.585. The Hall–Kier alpha value is -0.830. The molecule has 0 saturated heterocycles. The summed E-state index contributed by atoms with van der Waals surface area (Å²) in [4.78, 5) is 4.07. The van der Waals surface area contributed by atoms with E-state index in [1.165, 1.54) is 12.8 Å². The van der Waals surface area contributed by atoms with E-state index in [9.17, 15) is 0 Å². The van der Waals surface area contributed by atoms with Crippen molar-refractivity contribution in [3.8, 4) is 0 Å². The van der Waals surface area contributed by atoms with Gasteiger partial charge in [-0.25, -0.2) is 4.98 Å². The predicted octanol–water partition coefficient (Wildman–Crippen LogP) is 1.78. The Morgan fingerprint density at radius 1 is 1.54 bits per heavy atom. The first-order chi connectivity index (χ1) is 6.24. The quantitative estimate of drug-likeness (QED) is 0.752. The Labute approximate surface area is 80.0 Å². The molecule has 1 aromatic heterocycles. The molecule has 0 spiro atoms. The number of hydrogen-bond donors (Lipinski definition) is 1. The molecule has 13 heavy (non-hydrogen) atoms. The number of rotatable bonds is 5. The van der Waals surface area contributed by atoms with Crippen molar-refractivity contribution in [2.24, 2.45) is 11.7 Å². The van der Waals surface area contributed by atoms with Crippen LogP contribution in [0.2, 0.25) is 0 Å². The van der Waals surface area contributed by atoms with Crippen LogP contribution < -0.4 is 5.73 Å². The zero-order valence-electron chi connectivity index (χ0n) is 8.53. The van der Waals surface area contributed by atoms with Crippen LogP contribution >= 0.6 is 0 Å². The average molecular weight is 181 g/mol. The second kappa shape index (κ2) is 5.02. The third kappa shape index (κ3) is 3.19. The SMILES string of the molecule is CC(C)CCCn1cncc1CN. The summed E-state index contributed by atoms with van der Waals surface area (Å²) in [5.41, 5.74) is 6.69. The molecule has 3 nitrogen and oxygen atoms in total. The molecule has 0 amide bonds. The van der Waals surface area contributed by atoms with Crippen LogP contribution in [0, 0.1) is 5.92 Å². The molecule has 0 aliphatic carbocycles. The number of aryl methyl sites for hydroxylation is 1. The van der Waals surface area contributed by atoms with Crippen molar-refractivity contribution in [3.63, 3.8) is 0 Å². The lowest BCUT2D eigenvalue weighted by atomic mass is 10.1. The molecule has 1 rings (SSSR count). The van der Waals surface area contributed by atoms with Crippen LogP contribution in [0.15, 0.2) is 12.5 Å². The summed E-state index contributed by atoms with van der Waals surface area (Å²) in [7, 11) is 0. The van der Waals surface area contributed by atoms with Crippen LogP contribution in [0.1, 0.15) is 32.4 Å². The lowest BCUT2D eigenvalue weighted by Gasteiger charge is -2.07. The minimum absolute atomic E-state index is 0.585. The van der Waals surface area contributed by atoms with Crippen molar-refractivity contribution in [3.05, 3.63) is 18.2 Å². The Morgan fingerprint density at radius 3 is 2.92 bits per heavy atom. The van der Waals surface area contributed by atoms with Crippen LogP contribution in [0.25, 0.3) is 0 Å². The van der Waals surface area contributed by atoms with Gasteiger partial charge < -0.3 is 10.3 Å². The van der Waals surface area contributed by atoms with Gasteiger partial charge in [-0.3, -0.25) is 0 Å². The standard InChI is InChI=1S/C10H19N3/c1-9(2)4-3-5-13-8-12-7-10(13)6-11/h7-9H,3-6,11H2,1-2H3. The lowest BCUT2D eigenvalue weighted by Crippen LogP contribution is -2.07. The summed E-state index contributed by atoms with van der Waals surface area (Å²) in [6.07, 6.45) is 6.18. The molecule has 0 fully saturated rings. The fourth-order valence-electron chi connectivity index (χ4n) is 1.39. The average Bonchev–Trinajstić information content (AvgIpc) is 2.51. The van der Waals surface area contributed by atoms with Gasteiger partial charge in [0.15, 0.2) is 0 Å². The molecular formula is C10H19N3. The molecule has 0 unspecified atom stereocenters. The monoisotopic (exact) mass is 181 g/mol. The lowest BCUT2D eigenvalue weighted by molar-refractivity contribution is 0.505. The maximum Gasteiger partial charge on any atom is 0.0948 e. The van der Waals surface area contributed by atoms with E-state index in [1.54, 1.807) is 0 Å². The predicted molar refractivity (Wildman–Crippen MR) is 54.2 cm³/mol. The highest BCUT2D eigenvalue weighted by atomic mass is 15.0. The van der Waals surface area contributed by atoms with Crippen LogP contribution in [0.3, 0.4) is 0 Å².